The average molecular weight is 333 g/mol. The van der Waals surface area contributed by atoms with Gasteiger partial charge in [-0.05, 0) is 54.7 Å². The zero-order valence-corrected chi connectivity index (χ0v) is 14.4. The van der Waals surface area contributed by atoms with E-state index in [1.54, 1.807) is 6.20 Å². The maximum atomic E-state index is 10.3. The molecule has 0 radical (unpaired) electrons. The van der Waals surface area contributed by atoms with Crippen molar-refractivity contribution in [2.45, 2.75) is 32.0 Å². The van der Waals surface area contributed by atoms with E-state index in [9.17, 15) is 5.11 Å². The van der Waals surface area contributed by atoms with Gasteiger partial charge in [-0.25, -0.2) is 0 Å². The summed E-state index contributed by atoms with van der Waals surface area (Å²) in [6.45, 7) is 1.90. The molecule has 0 aliphatic carbocycles. The molecule has 0 spiro atoms. The van der Waals surface area contributed by atoms with Crippen LogP contribution in [0, 0.1) is 0 Å². The van der Waals surface area contributed by atoms with Crippen LogP contribution < -0.4 is 4.74 Å². The van der Waals surface area contributed by atoms with Gasteiger partial charge in [-0.2, -0.15) is 0 Å². The van der Waals surface area contributed by atoms with Crippen LogP contribution in [0.4, 0.5) is 0 Å². The molecule has 1 heterocycles. The molecule has 2 atom stereocenters. The van der Waals surface area contributed by atoms with Crippen molar-refractivity contribution in [3.63, 3.8) is 0 Å². The van der Waals surface area contributed by atoms with Crippen LogP contribution in [0.15, 0.2) is 79.1 Å². The van der Waals surface area contributed by atoms with E-state index in [0.29, 0.717) is 6.42 Å². The topological polar surface area (TPSA) is 42.4 Å². The molecule has 0 amide bonds. The van der Waals surface area contributed by atoms with Crippen molar-refractivity contribution in [1.82, 2.24) is 4.98 Å². The monoisotopic (exact) mass is 333 g/mol. The number of hydrogen-bond donors (Lipinski definition) is 1. The maximum absolute atomic E-state index is 10.3. The highest BCUT2D eigenvalue weighted by Gasteiger charge is 2.16. The normalized spacial score (nSPS) is 13.2. The Bertz CT molecular complexity index is 757. The summed E-state index contributed by atoms with van der Waals surface area (Å²) in [6.07, 6.45) is 4.24. The highest BCUT2D eigenvalue weighted by molar-refractivity contribution is 5.63. The molecule has 0 aliphatic heterocycles. The van der Waals surface area contributed by atoms with E-state index < -0.39 is 6.10 Å². The maximum Gasteiger partial charge on any atom is 0.122 e. The van der Waals surface area contributed by atoms with Gasteiger partial charge in [0.25, 0.3) is 0 Å². The predicted molar refractivity (Wildman–Crippen MR) is 101 cm³/mol. The number of nitrogens with zero attached hydrogens (tertiary/aromatic N) is 1. The van der Waals surface area contributed by atoms with Gasteiger partial charge in [-0.1, -0.05) is 48.5 Å². The standard InChI is InChI=1S/C22H23NO2/c1-17(22(24)14-9-18-6-5-15-23-16-18)25-21-12-10-20(11-13-21)19-7-3-2-4-8-19/h2-8,10-13,15-17,22,24H,9,14H2,1H3/t17-,22?/m1/s1. The first-order valence-corrected chi connectivity index (χ1v) is 8.61. The summed E-state index contributed by atoms with van der Waals surface area (Å²) in [6, 6.07) is 22.2. The third-order valence-corrected chi connectivity index (χ3v) is 4.28. The minimum atomic E-state index is -0.519. The number of aromatic nitrogens is 1. The van der Waals surface area contributed by atoms with E-state index in [2.05, 4.69) is 17.1 Å². The van der Waals surface area contributed by atoms with Crippen molar-refractivity contribution in [1.29, 1.82) is 0 Å². The molecule has 3 nitrogen and oxygen atoms in total. The summed E-state index contributed by atoms with van der Waals surface area (Å²) < 4.78 is 5.89. The van der Waals surface area contributed by atoms with E-state index in [1.165, 1.54) is 5.56 Å². The van der Waals surface area contributed by atoms with Crippen molar-refractivity contribution in [3.05, 3.63) is 84.7 Å². The Morgan fingerprint density at radius 2 is 1.64 bits per heavy atom. The molecule has 0 saturated carbocycles. The first-order valence-electron chi connectivity index (χ1n) is 8.61. The molecule has 0 fully saturated rings. The third-order valence-electron chi connectivity index (χ3n) is 4.28. The zero-order valence-electron chi connectivity index (χ0n) is 14.4. The molecule has 128 valence electrons. The summed E-state index contributed by atoms with van der Waals surface area (Å²) in [4.78, 5) is 4.10. The van der Waals surface area contributed by atoms with Crippen molar-refractivity contribution in [3.8, 4) is 16.9 Å². The lowest BCUT2D eigenvalue weighted by molar-refractivity contribution is 0.0420. The first-order chi connectivity index (χ1) is 12.2. The molecule has 3 aromatic rings. The Labute approximate surface area is 148 Å². The first kappa shape index (κ1) is 17.2. The van der Waals surface area contributed by atoms with E-state index >= 15 is 0 Å². The lowest BCUT2D eigenvalue weighted by Crippen LogP contribution is -2.29. The summed E-state index contributed by atoms with van der Waals surface area (Å²) in [5, 5.41) is 10.3. The Morgan fingerprint density at radius 1 is 0.920 bits per heavy atom. The smallest absolute Gasteiger partial charge is 0.122 e. The lowest BCUT2D eigenvalue weighted by Gasteiger charge is -2.20. The van der Waals surface area contributed by atoms with E-state index in [4.69, 9.17) is 4.74 Å². The average Bonchev–Trinajstić information content (AvgIpc) is 2.68. The molecule has 1 N–H and O–H groups in total. The van der Waals surface area contributed by atoms with Gasteiger partial charge >= 0.3 is 0 Å². The molecule has 2 aromatic carbocycles. The third kappa shape index (κ3) is 4.91. The highest BCUT2D eigenvalue weighted by atomic mass is 16.5. The molecular weight excluding hydrogens is 310 g/mol. The van der Waals surface area contributed by atoms with Crippen LogP contribution in [0.1, 0.15) is 18.9 Å². The SMILES string of the molecule is C[C@@H](Oc1ccc(-c2ccccc2)cc1)C(O)CCc1cccnc1. The Morgan fingerprint density at radius 3 is 2.32 bits per heavy atom. The second-order valence-electron chi connectivity index (χ2n) is 6.18. The van der Waals surface area contributed by atoms with Gasteiger partial charge in [0.15, 0.2) is 0 Å². The Hall–Kier alpha value is -2.65. The van der Waals surface area contributed by atoms with Crippen molar-refractivity contribution in [2.24, 2.45) is 0 Å². The summed E-state index contributed by atoms with van der Waals surface area (Å²) in [5.41, 5.74) is 3.46. The largest absolute Gasteiger partial charge is 0.488 e. The van der Waals surface area contributed by atoms with Crippen LogP contribution in [0.3, 0.4) is 0 Å². The van der Waals surface area contributed by atoms with Gasteiger partial charge in [-0.15, -0.1) is 0 Å². The van der Waals surface area contributed by atoms with Gasteiger partial charge in [0, 0.05) is 12.4 Å². The molecular formula is C22H23NO2. The van der Waals surface area contributed by atoms with Crippen LogP contribution in [-0.2, 0) is 6.42 Å². The minimum Gasteiger partial charge on any atom is -0.488 e. The second-order valence-corrected chi connectivity index (χ2v) is 6.18. The van der Waals surface area contributed by atoms with Gasteiger partial charge in [0.1, 0.15) is 11.9 Å². The van der Waals surface area contributed by atoms with Crippen LogP contribution in [0.5, 0.6) is 5.75 Å². The van der Waals surface area contributed by atoms with Crippen molar-refractivity contribution < 1.29 is 9.84 Å². The second kappa shape index (κ2) is 8.45. The summed E-state index contributed by atoms with van der Waals surface area (Å²) in [7, 11) is 0. The number of aliphatic hydroxyl groups excluding tert-OH is 1. The van der Waals surface area contributed by atoms with Gasteiger partial charge < -0.3 is 9.84 Å². The molecule has 25 heavy (non-hydrogen) atoms. The Balaban J connectivity index is 1.54. The fourth-order valence-corrected chi connectivity index (χ4v) is 2.75. The van der Waals surface area contributed by atoms with Crippen LogP contribution >= 0.6 is 0 Å². The highest BCUT2D eigenvalue weighted by Crippen LogP contribution is 2.23. The van der Waals surface area contributed by atoms with Crippen LogP contribution in [0.25, 0.3) is 11.1 Å². The van der Waals surface area contributed by atoms with Crippen molar-refractivity contribution in [2.75, 3.05) is 0 Å². The van der Waals surface area contributed by atoms with E-state index in [1.807, 2.05) is 67.7 Å². The van der Waals surface area contributed by atoms with Gasteiger partial charge in [0.2, 0.25) is 0 Å². The number of pyridine rings is 1. The number of aliphatic hydroxyl groups is 1. The quantitative estimate of drug-likeness (QED) is 0.692. The molecule has 1 aromatic heterocycles. The predicted octanol–water partition coefficient (Wildman–Crippen LogP) is 4.51. The Kier molecular flexibility index (Phi) is 5.81. The molecule has 3 rings (SSSR count). The molecule has 0 saturated heterocycles. The summed E-state index contributed by atoms with van der Waals surface area (Å²) in [5.74, 6) is 0.771. The minimum absolute atomic E-state index is 0.265. The van der Waals surface area contributed by atoms with E-state index in [0.717, 1.165) is 23.3 Å². The molecule has 3 heteroatoms. The fraction of sp³-hybridized carbons (Fsp3) is 0.227. The van der Waals surface area contributed by atoms with Gasteiger partial charge in [-0.3, -0.25) is 4.98 Å². The number of aryl methyl sites for hydroxylation is 1. The number of benzene rings is 2. The lowest BCUT2D eigenvalue weighted by atomic mass is 10.0. The van der Waals surface area contributed by atoms with Crippen LogP contribution in [-0.4, -0.2) is 22.3 Å². The van der Waals surface area contributed by atoms with Crippen LogP contribution in [0.2, 0.25) is 0 Å². The van der Waals surface area contributed by atoms with E-state index in [-0.39, 0.29) is 6.10 Å². The molecule has 0 bridgehead atoms. The molecule has 1 unspecified atom stereocenters. The number of hydrogen-bond acceptors (Lipinski definition) is 3. The number of rotatable bonds is 7. The van der Waals surface area contributed by atoms with Gasteiger partial charge in [0.05, 0.1) is 6.10 Å². The number of ether oxygens (including phenoxy) is 1. The fourth-order valence-electron chi connectivity index (χ4n) is 2.75. The molecule has 0 aliphatic rings. The zero-order chi connectivity index (χ0) is 17.5. The van der Waals surface area contributed by atoms with Crippen molar-refractivity contribution >= 4 is 0 Å². The summed E-state index contributed by atoms with van der Waals surface area (Å²) >= 11 is 0.